The van der Waals surface area contributed by atoms with E-state index in [0.717, 1.165) is 12.1 Å². The fourth-order valence-corrected chi connectivity index (χ4v) is 4.30. The number of rotatable bonds is 7. The first kappa shape index (κ1) is 17.2. The summed E-state index contributed by atoms with van der Waals surface area (Å²) in [5.41, 5.74) is 3.49. The minimum atomic E-state index is -3.04. The highest BCUT2D eigenvalue weighted by Crippen LogP contribution is 2.20. The summed E-state index contributed by atoms with van der Waals surface area (Å²) in [7, 11) is -3.04. The molecule has 0 aliphatic heterocycles. The van der Waals surface area contributed by atoms with E-state index in [9.17, 15) is 8.42 Å². The highest BCUT2D eigenvalue weighted by molar-refractivity contribution is 7.91. The van der Waals surface area contributed by atoms with Crippen molar-refractivity contribution in [3.63, 3.8) is 0 Å². The van der Waals surface area contributed by atoms with Crippen LogP contribution in [-0.2, 0) is 9.84 Å². The number of aryl methyl sites for hydroxylation is 2. The first-order valence-electron chi connectivity index (χ1n) is 7.26. The molecule has 1 atom stereocenters. The fraction of sp³-hybridized carbons (Fsp3) is 0.625. The van der Waals surface area contributed by atoms with E-state index >= 15 is 0 Å². The van der Waals surface area contributed by atoms with Gasteiger partial charge in [-0.3, -0.25) is 0 Å². The van der Waals surface area contributed by atoms with Crippen molar-refractivity contribution in [2.45, 2.75) is 40.7 Å². The van der Waals surface area contributed by atoms with E-state index in [4.69, 9.17) is 0 Å². The molecule has 4 heteroatoms. The first-order valence-corrected chi connectivity index (χ1v) is 9.08. The van der Waals surface area contributed by atoms with E-state index in [-0.39, 0.29) is 23.5 Å². The molecule has 0 fully saturated rings. The van der Waals surface area contributed by atoms with Crippen LogP contribution in [0.1, 0.15) is 43.5 Å². The molecule has 1 rings (SSSR count). The molecule has 0 amide bonds. The van der Waals surface area contributed by atoms with Crippen molar-refractivity contribution in [3.05, 3.63) is 34.9 Å². The maximum Gasteiger partial charge on any atom is 0.152 e. The third kappa shape index (κ3) is 5.25. The van der Waals surface area contributed by atoms with E-state index in [2.05, 4.69) is 31.3 Å². The smallest absolute Gasteiger partial charge is 0.152 e. The Morgan fingerprint density at radius 2 is 1.75 bits per heavy atom. The molecule has 0 aliphatic carbocycles. The van der Waals surface area contributed by atoms with Crippen molar-refractivity contribution in [1.82, 2.24) is 5.32 Å². The zero-order valence-electron chi connectivity index (χ0n) is 13.2. The van der Waals surface area contributed by atoms with E-state index in [1.165, 1.54) is 11.1 Å². The van der Waals surface area contributed by atoms with Gasteiger partial charge < -0.3 is 5.32 Å². The average molecular weight is 297 g/mol. The largest absolute Gasteiger partial charge is 0.309 e. The van der Waals surface area contributed by atoms with E-state index in [0.29, 0.717) is 0 Å². The zero-order chi connectivity index (χ0) is 15.3. The number of hydrogen-bond acceptors (Lipinski definition) is 3. The standard InChI is InChI=1S/C16H27NO2S/c1-6-17-16(11-20(18,19)10-12(2)3)15-8-7-13(4)14(5)9-15/h7-9,12,16-17H,6,10-11H2,1-5H3. The van der Waals surface area contributed by atoms with Gasteiger partial charge in [0.1, 0.15) is 0 Å². The highest BCUT2D eigenvalue weighted by atomic mass is 32.2. The summed E-state index contributed by atoms with van der Waals surface area (Å²) in [4.78, 5) is 0. The van der Waals surface area contributed by atoms with Crippen LogP contribution in [0, 0.1) is 19.8 Å². The lowest BCUT2D eigenvalue weighted by molar-refractivity contribution is 0.550. The van der Waals surface area contributed by atoms with Gasteiger partial charge in [-0.2, -0.15) is 0 Å². The Hall–Kier alpha value is -0.870. The lowest BCUT2D eigenvalue weighted by Crippen LogP contribution is -2.30. The number of nitrogens with one attached hydrogen (secondary N) is 1. The average Bonchev–Trinajstić information content (AvgIpc) is 2.30. The predicted octanol–water partition coefficient (Wildman–Crippen LogP) is 3.02. The fourth-order valence-electron chi connectivity index (χ4n) is 2.33. The van der Waals surface area contributed by atoms with Gasteiger partial charge in [0.25, 0.3) is 0 Å². The minimum Gasteiger partial charge on any atom is -0.309 e. The van der Waals surface area contributed by atoms with E-state index in [1.807, 2.05) is 26.8 Å². The Morgan fingerprint density at radius 3 is 2.25 bits per heavy atom. The van der Waals surface area contributed by atoms with E-state index < -0.39 is 9.84 Å². The molecular formula is C16H27NO2S. The molecule has 0 radical (unpaired) electrons. The molecular weight excluding hydrogens is 270 g/mol. The molecule has 3 nitrogen and oxygen atoms in total. The van der Waals surface area contributed by atoms with Crippen LogP contribution in [0.5, 0.6) is 0 Å². The Labute approximate surface area is 123 Å². The van der Waals surface area contributed by atoms with Gasteiger partial charge in [-0.05, 0) is 43.0 Å². The van der Waals surface area contributed by atoms with E-state index in [1.54, 1.807) is 0 Å². The third-order valence-corrected chi connectivity index (χ3v) is 5.41. The van der Waals surface area contributed by atoms with Gasteiger partial charge in [0, 0.05) is 6.04 Å². The van der Waals surface area contributed by atoms with Crippen molar-refractivity contribution in [2.75, 3.05) is 18.1 Å². The van der Waals surface area contributed by atoms with Crippen LogP contribution in [0.4, 0.5) is 0 Å². The molecule has 0 saturated heterocycles. The van der Waals surface area contributed by atoms with Gasteiger partial charge in [-0.25, -0.2) is 8.42 Å². The summed E-state index contributed by atoms with van der Waals surface area (Å²) in [5, 5.41) is 3.30. The lowest BCUT2D eigenvalue weighted by atomic mass is 10.0. The Balaban J connectivity index is 2.96. The molecule has 1 aromatic rings. The van der Waals surface area contributed by atoms with Gasteiger partial charge >= 0.3 is 0 Å². The van der Waals surface area contributed by atoms with Crippen LogP contribution >= 0.6 is 0 Å². The molecule has 0 aromatic heterocycles. The van der Waals surface area contributed by atoms with Crippen molar-refractivity contribution in [2.24, 2.45) is 5.92 Å². The Bertz CT molecular complexity index is 535. The second-order valence-corrected chi connectivity index (χ2v) is 8.08. The molecule has 1 N–H and O–H groups in total. The number of hydrogen-bond donors (Lipinski definition) is 1. The normalized spacial score (nSPS) is 13.7. The Morgan fingerprint density at radius 1 is 1.10 bits per heavy atom. The summed E-state index contributed by atoms with van der Waals surface area (Å²) in [5.74, 6) is 0.586. The SMILES string of the molecule is CCNC(CS(=O)(=O)CC(C)C)c1ccc(C)c(C)c1. The summed E-state index contributed by atoms with van der Waals surface area (Å²) in [6, 6.07) is 6.06. The zero-order valence-corrected chi connectivity index (χ0v) is 14.0. The first-order chi connectivity index (χ1) is 9.25. The molecule has 0 heterocycles. The summed E-state index contributed by atoms with van der Waals surface area (Å²) in [6.07, 6.45) is 0. The Kier molecular flexibility index (Phi) is 6.21. The summed E-state index contributed by atoms with van der Waals surface area (Å²) in [6.45, 7) is 10.8. The van der Waals surface area contributed by atoms with Crippen LogP contribution in [-0.4, -0.2) is 26.5 Å². The van der Waals surface area contributed by atoms with Crippen LogP contribution in [0.15, 0.2) is 18.2 Å². The second kappa shape index (κ2) is 7.23. The van der Waals surface area contributed by atoms with Crippen molar-refractivity contribution in [1.29, 1.82) is 0 Å². The third-order valence-electron chi connectivity index (χ3n) is 3.39. The summed E-state index contributed by atoms with van der Waals surface area (Å²) < 4.78 is 24.4. The monoisotopic (exact) mass is 297 g/mol. The maximum absolute atomic E-state index is 12.2. The quantitative estimate of drug-likeness (QED) is 0.841. The molecule has 0 spiro atoms. The molecule has 0 bridgehead atoms. The molecule has 114 valence electrons. The van der Waals surface area contributed by atoms with Crippen LogP contribution in [0.3, 0.4) is 0 Å². The van der Waals surface area contributed by atoms with Crippen LogP contribution in [0.2, 0.25) is 0 Å². The van der Waals surface area contributed by atoms with Gasteiger partial charge in [-0.1, -0.05) is 39.0 Å². The van der Waals surface area contributed by atoms with Gasteiger partial charge in [-0.15, -0.1) is 0 Å². The number of benzene rings is 1. The van der Waals surface area contributed by atoms with Crippen LogP contribution < -0.4 is 5.32 Å². The number of sulfone groups is 1. The second-order valence-electron chi connectivity index (χ2n) is 5.92. The topological polar surface area (TPSA) is 46.2 Å². The van der Waals surface area contributed by atoms with Gasteiger partial charge in [0.05, 0.1) is 11.5 Å². The van der Waals surface area contributed by atoms with Gasteiger partial charge in [0.15, 0.2) is 9.84 Å². The highest BCUT2D eigenvalue weighted by Gasteiger charge is 2.21. The molecule has 0 aliphatic rings. The van der Waals surface area contributed by atoms with Gasteiger partial charge in [0.2, 0.25) is 0 Å². The minimum absolute atomic E-state index is 0.122. The lowest BCUT2D eigenvalue weighted by Gasteiger charge is -2.20. The maximum atomic E-state index is 12.2. The molecule has 0 saturated carbocycles. The molecule has 20 heavy (non-hydrogen) atoms. The van der Waals surface area contributed by atoms with Crippen molar-refractivity contribution in [3.8, 4) is 0 Å². The predicted molar refractivity (Wildman–Crippen MR) is 85.8 cm³/mol. The van der Waals surface area contributed by atoms with Crippen molar-refractivity contribution < 1.29 is 8.42 Å². The van der Waals surface area contributed by atoms with Crippen molar-refractivity contribution >= 4 is 9.84 Å². The summed E-state index contributed by atoms with van der Waals surface area (Å²) >= 11 is 0. The van der Waals surface area contributed by atoms with Crippen LogP contribution in [0.25, 0.3) is 0 Å². The molecule has 1 aromatic carbocycles. The molecule has 1 unspecified atom stereocenters.